The molecular formula is C13H19NO7. The van der Waals surface area contributed by atoms with E-state index in [1.54, 1.807) is 0 Å². The standard InChI is InChI=1S/C13H19NO7/c1-18-11(16)20-7-13(8-21-12(17)19-2)10(15)9-3-5-14(13)6-4-9/h9H,3-8H2,1-2H3. The second-order valence-electron chi connectivity index (χ2n) is 5.14. The second kappa shape index (κ2) is 6.30. The van der Waals surface area contributed by atoms with Crippen LogP contribution in [-0.4, -0.2) is 69.1 Å². The average Bonchev–Trinajstić information content (AvgIpc) is 2.53. The Morgan fingerprint density at radius 3 is 1.95 bits per heavy atom. The van der Waals surface area contributed by atoms with Gasteiger partial charge in [-0.05, 0) is 12.8 Å². The van der Waals surface area contributed by atoms with Gasteiger partial charge in [-0.3, -0.25) is 9.69 Å². The van der Waals surface area contributed by atoms with Crippen molar-refractivity contribution in [2.45, 2.75) is 18.4 Å². The molecule has 21 heavy (non-hydrogen) atoms. The molecule has 3 aliphatic heterocycles. The highest BCUT2D eigenvalue weighted by Crippen LogP contribution is 2.37. The van der Waals surface area contributed by atoms with Crippen molar-refractivity contribution in [2.75, 3.05) is 40.5 Å². The molecule has 0 amide bonds. The van der Waals surface area contributed by atoms with E-state index in [9.17, 15) is 14.4 Å². The van der Waals surface area contributed by atoms with Crippen LogP contribution >= 0.6 is 0 Å². The molecule has 0 aromatic heterocycles. The van der Waals surface area contributed by atoms with E-state index < -0.39 is 17.8 Å². The fourth-order valence-corrected chi connectivity index (χ4v) is 2.95. The first kappa shape index (κ1) is 15.6. The normalized spacial score (nSPS) is 26.1. The summed E-state index contributed by atoms with van der Waals surface area (Å²) in [5.41, 5.74) is -1.14. The molecule has 3 heterocycles. The van der Waals surface area contributed by atoms with E-state index in [1.807, 2.05) is 4.90 Å². The number of hydrogen-bond acceptors (Lipinski definition) is 8. The Bertz CT molecular complexity index is 408. The Balaban J connectivity index is 2.15. The summed E-state index contributed by atoms with van der Waals surface area (Å²) in [5.74, 6) is -0.148. The van der Waals surface area contributed by atoms with Gasteiger partial charge in [0, 0.05) is 19.0 Å². The Morgan fingerprint density at radius 1 is 1.10 bits per heavy atom. The molecule has 3 saturated heterocycles. The highest BCUT2D eigenvalue weighted by Gasteiger charge is 2.55. The maximum atomic E-state index is 12.6. The summed E-state index contributed by atoms with van der Waals surface area (Å²) < 4.78 is 18.8. The minimum atomic E-state index is -1.14. The molecule has 0 unspecified atom stereocenters. The molecule has 8 nitrogen and oxygen atoms in total. The lowest BCUT2D eigenvalue weighted by Gasteiger charge is -2.51. The number of Topliss-reactive ketones (excluding diaryl/α,β-unsaturated/α-hetero) is 1. The number of fused-ring (bicyclic) bond motifs is 3. The lowest BCUT2D eigenvalue weighted by atomic mass is 9.74. The van der Waals surface area contributed by atoms with Crippen LogP contribution in [0.3, 0.4) is 0 Å². The SMILES string of the molecule is COC(=O)OCC1(COC(=O)OC)C(=O)C2CCN1CC2. The molecule has 3 fully saturated rings. The van der Waals surface area contributed by atoms with Crippen LogP contribution in [-0.2, 0) is 23.7 Å². The highest BCUT2D eigenvalue weighted by atomic mass is 16.7. The van der Waals surface area contributed by atoms with E-state index >= 15 is 0 Å². The fraction of sp³-hybridized carbons (Fsp3) is 0.769. The first-order chi connectivity index (χ1) is 10.0. The molecule has 0 radical (unpaired) electrons. The van der Waals surface area contributed by atoms with E-state index in [2.05, 4.69) is 9.47 Å². The maximum absolute atomic E-state index is 12.6. The lowest BCUT2D eigenvalue weighted by molar-refractivity contribution is -0.158. The van der Waals surface area contributed by atoms with Crippen molar-refractivity contribution in [3.63, 3.8) is 0 Å². The van der Waals surface area contributed by atoms with Gasteiger partial charge in [0.15, 0.2) is 5.78 Å². The van der Waals surface area contributed by atoms with Crippen molar-refractivity contribution in [1.82, 2.24) is 4.90 Å². The van der Waals surface area contributed by atoms with Crippen molar-refractivity contribution in [2.24, 2.45) is 5.92 Å². The molecule has 8 heteroatoms. The first-order valence-corrected chi connectivity index (χ1v) is 6.74. The fourth-order valence-electron chi connectivity index (χ4n) is 2.95. The Hall–Kier alpha value is -1.83. The third-order valence-corrected chi connectivity index (χ3v) is 4.12. The average molecular weight is 301 g/mol. The molecule has 2 bridgehead atoms. The zero-order valence-electron chi connectivity index (χ0n) is 12.1. The number of carbonyl (C=O) groups excluding carboxylic acids is 3. The summed E-state index contributed by atoms with van der Waals surface area (Å²) in [6.07, 6.45) is -0.195. The van der Waals surface area contributed by atoms with E-state index in [-0.39, 0.29) is 24.9 Å². The number of nitrogens with zero attached hydrogens (tertiary/aromatic N) is 1. The third kappa shape index (κ3) is 2.94. The van der Waals surface area contributed by atoms with Gasteiger partial charge in [0.2, 0.25) is 0 Å². The van der Waals surface area contributed by atoms with Crippen LogP contribution in [0.25, 0.3) is 0 Å². The van der Waals surface area contributed by atoms with Crippen molar-refractivity contribution < 1.29 is 33.3 Å². The molecule has 0 spiro atoms. The predicted molar refractivity (Wildman–Crippen MR) is 68.7 cm³/mol. The number of hydrogen-bond donors (Lipinski definition) is 0. The molecule has 0 aliphatic carbocycles. The summed E-state index contributed by atoms with van der Waals surface area (Å²) in [6.45, 7) is 0.995. The molecule has 3 rings (SSSR count). The molecular weight excluding hydrogens is 282 g/mol. The monoisotopic (exact) mass is 301 g/mol. The van der Waals surface area contributed by atoms with Gasteiger partial charge in [-0.1, -0.05) is 0 Å². The van der Waals surface area contributed by atoms with Crippen LogP contribution in [0.5, 0.6) is 0 Å². The summed E-state index contributed by atoms with van der Waals surface area (Å²) in [4.78, 5) is 36.9. The van der Waals surface area contributed by atoms with Gasteiger partial charge in [-0.2, -0.15) is 0 Å². The Kier molecular flexibility index (Phi) is 4.66. The molecule has 0 N–H and O–H groups in total. The van der Waals surface area contributed by atoms with Crippen molar-refractivity contribution in [3.05, 3.63) is 0 Å². The van der Waals surface area contributed by atoms with Gasteiger partial charge >= 0.3 is 12.3 Å². The molecule has 3 aliphatic rings. The van der Waals surface area contributed by atoms with Gasteiger partial charge in [0.25, 0.3) is 0 Å². The zero-order valence-corrected chi connectivity index (χ0v) is 12.1. The van der Waals surface area contributed by atoms with Crippen LogP contribution in [0, 0.1) is 5.92 Å². The van der Waals surface area contributed by atoms with Crippen molar-refractivity contribution in [3.8, 4) is 0 Å². The van der Waals surface area contributed by atoms with Crippen LogP contribution < -0.4 is 0 Å². The first-order valence-electron chi connectivity index (χ1n) is 6.74. The van der Waals surface area contributed by atoms with E-state index in [1.165, 1.54) is 14.2 Å². The largest absolute Gasteiger partial charge is 0.508 e. The quantitative estimate of drug-likeness (QED) is 0.697. The summed E-state index contributed by atoms with van der Waals surface area (Å²) in [7, 11) is 2.38. The minimum absolute atomic E-state index is 0.0622. The minimum Gasteiger partial charge on any atom is -0.438 e. The molecule has 0 saturated carbocycles. The molecule has 0 atom stereocenters. The van der Waals surface area contributed by atoms with Gasteiger partial charge < -0.3 is 18.9 Å². The topological polar surface area (TPSA) is 91.4 Å². The predicted octanol–water partition coefficient (Wildman–Crippen LogP) is 0.586. The Morgan fingerprint density at radius 2 is 1.57 bits per heavy atom. The van der Waals surface area contributed by atoms with E-state index in [0.29, 0.717) is 13.1 Å². The maximum Gasteiger partial charge on any atom is 0.508 e. The van der Waals surface area contributed by atoms with Crippen molar-refractivity contribution >= 4 is 18.1 Å². The van der Waals surface area contributed by atoms with Gasteiger partial charge in [-0.15, -0.1) is 0 Å². The summed E-state index contributed by atoms with van der Waals surface area (Å²) in [6, 6.07) is 0. The molecule has 118 valence electrons. The van der Waals surface area contributed by atoms with Gasteiger partial charge in [0.05, 0.1) is 14.2 Å². The van der Waals surface area contributed by atoms with Crippen LogP contribution in [0.4, 0.5) is 9.59 Å². The summed E-state index contributed by atoms with van der Waals surface area (Å²) in [5, 5.41) is 0. The molecule has 0 aromatic carbocycles. The third-order valence-electron chi connectivity index (χ3n) is 4.12. The highest BCUT2D eigenvalue weighted by molar-refractivity contribution is 5.92. The van der Waals surface area contributed by atoms with Crippen LogP contribution in [0.2, 0.25) is 0 Å². The van der Waals surface area contributed by atoms with E-state index in [4.69, 9.17) is 9.47 Å². The number of piperidine rings is 3. The number of carbonyl (C=O) groups is 3. The van der Waals surface area contributed by atoms with Crippen molar-refractivity contribution in [1.29, 1.82) is 0 Å². The Labute approximate surface area is 122 Å². The van der Waals surface area contributed by atoms with Gasteiger partial charge in [0.1, 0.15) is 18.8 Å². The number of methoxy groups -OCH3 is 2. The van der Waals surface area contributed by atoms with Crippen LogP contribution in [0.1, 0.15) is 12.8 Å². The second-order valence-corrected chi connectivity index (χ2v) is 5.14. The summed E-state index contributed by atoms with van der Waals surface area (Å²) >= 11 is 0. The smallest absolute Gasteiger partial charge is 0.438 e. The number of ether oxygens (including phenoxy) is 4. The number of ketones is 1. The number of rotatable bonds is 4. The molecule has 0 aromatic rings. The zero-order chi connectivity index (χ0) is 15.5. The van der Waals surface area contributed by atoms with Crippen LogP contribution in [0.15, 0.2) is 0 Å². The lowest BCUT2D eigenvalue weighted by Crippen LogP contribution is -2.69. The van der Waals surface area contributed by atoms with Gasteiger partial charge in [-0.25, -0.2) is 9.59 Å². The van der Waals surface area contributed by atoms with E-state index in [0.717, 1.165) is 12.8 Å².